The van der Waals surface area contributed by atoms with E-state index in [1.807, 2.05) is 0 Å². The number of nitrogens with one attached hydrogen (secondary N) is 1. The smallest absolute Gasteiger partial charge is 0.317 e. The van der Waals surface area contributed by atoms with Gasteiger partial charge in [0.2, 0.25) is 0 Å². The van der Waals surface area contributed by atoms with E-state index in [2.05, 4.69) is 10.3 Å². The summed E-state index contributed by atoms with van der Waals surface area (Å²) in [6, 6.07) is 11.4. The number of imide groups is 2. The maximum absolute atomic E-state index is 12.9. The van der Waals surface area contributed by atoms with E-state index in [-0.39, 0.29) is 16.9 Å². The molecule has 30 heavy (non-hydrogen) atoms. The Bertz CT molecular complexity index is 1220. The maximum Gasteiger partial charge on any atom is 0.336 e. The van der Waals surface area contributed by atoms with E-state index < -0.39 is 22.8 Å². The lowest BCUT2D eigenvalue weighted by Crippen LogP contribution is -2.54. The summed E-state index contributed by atoms with van der Waals surface area (Å²) in [5.41, 5.74) is 0.760. The van der Waals surface area contributed by atoms with Gasteiger partial charge in [0.05, 0.1) is 22.5 Å². The molecular formula is C20H13N5O5. The molecule has 0 radical (unpaired) electrons. The number of nitro groups is 1. The fourth-order valence-electron chi connectivity index (χ4n) is 3.03. The number of barbiturate groups is 1. The number of carbonyl (C=O) groups excluding carboxylic acids is 3. The van der Waals surface area contributed by atoms with Crippen LogP contribution in [0.15, 0.2) is 72.7 Å². The molecule has 0 bridgehead atoms. The first kappa shape index (κ1) is 18.7. The highest BCUT2D eigenvalue weighted by Gasteiger charge is 2.37. The minimum absolute atomic E-state index is 0.0976. The number of nitrogens with zero attached hydrogens (tertiary/aromatic N) is 4. The van der Waals surface area contributed by atoms with Gasteiger partial charge in [-0.15, -0.1) is 0 Å². The fourth-order valence-corrected chi connectivity index (χ4v) is 3.03. The maximum atomic E-state index is 12.9. The molecule has 3 aromatic rings. The van der Waals surface area contributed by atoms with Gasteiger partial charge >= 0.3 is 6.03 Å². The average molecular weight is 403 g/mol. The van der Waals surface area contributed by atoms with Gasteiger partial charge in [0.15, 0.2) is 0 Å². The number of carbonyl (C=O) groups is 3. The van der Waals surface area contributed by atoms with Crippen LogP contribution in [0.2, 0.25) is 0 Å². The molecule has 4 rings (SSSR count). The van der Waals surface area contributed by atoms with Gasteiger partial charge in [-0.3, -0.25) is 30.0 Å². The molecule has 1 fully saturated rings. The number of benzene rings is 1. The number of hydrogen-bond acceptors (Lipinski definition) is 6. The largest absolute Gasteiger partial charge is 0.336 e. The molecule has 2 aromatic heterocycles. The lowest BCUT2D eigenvalue weighted by Gasteiger charge is -2.26. The van der Waals surface area contributed by atoms with Crippen LogP contribution in [0.4, 0.5) is 16.2 Å². The second-order valence-corrected chi connectivity index (χ2v) is 6.25. The number of amides is 4. The number of nitro benzene ring substituents is 1. The lowest BCUT2D eigenvalue weighted by atomic mass is 10.1. The van der Waals surface area contributed by atoms with Crippen LogP contribution in [0.1, 0.15) is 5.69 Å². The van der Waals surface area contributed by atoms with Crippen molar-refractivity contribution in [3.63, 3.8) is 0 Å². The Kier molecular flexibility index (Phi) is 4.64. The summed E-state index contributed by atoms with van der Waals surface area (Å²) in [6.07, 6.45) is 5.79. The number of urea groups is 1. The van der Waals surface area contributed by atoms with Gasteiger partial charge in [0, 0.05) is 30.2 Å². The van der Waals surface area contributed by atoms with Crippen LogP contribution in [0.3, 0.4) is 0 Å². The molecule has 1 aromatic carbocycles. The molecule has 0 aliphatic carbocycles. The predicted octanol–water partition coefficient (Wildman–Crippen LogP) is 2.45. The first-order valence-corrected chi connectivity index (χ1v) is 8.69. The van der Waals surface area contributed by atoms with Crippen molar-refractivity contribution in [3.8, 4) is 5.69 Å². The van der Waals surface area contributed by atoms with E-state index in [4.69, 9.17) is 0 Å². The number of hydrogen-bond donors (Lipinski definition) is 1. The molecule has 3 heterocycles. The van der Waals surface area contributed by atoms with Crippen LogP contribution in [0.5, 0.6) is 0 Å². The highest BCUT2D eigenvalue weighted by Crippen LogP contribution is 2.23. The number of non-ortho nitro benzene ring substituents is 1. The standard InChI is InChI=1S/C20H13N5O5/c26-18-17(19(27)24(20(28)22-18)16-6-2-8-21-12-16)11-14-7-3-9-23(14)13-4-1-5-15(10-13)25(29)30/h1-12H,(H,22,26,28)/b17-11+. The third-order valence-electron chi connectivity index (χ3n) is 4.40. The van der Waals surface area contributed by atoms with Crippen molar-refractivity contribution in [2.45, 2.75) is 0 Å². The first-order valence-electron chi connectivity index (χ1n) is 8.69. The number of aromatic nitrogens is 2. The second-order valence-electron chi connectivity index (χ2n) is 6.25. The van der Waals surface area contributed by atoms with Crippen LogP contribution in [-0.2, 0) is 9.59 Å². The Morgan fingerprint density at radius 2 is 1.83 bits per heavy atom. The highest BCUT2D eigenvalue weighted by atomic mass is 16.6. The van der Waals surface area contributed by atoms with Gasteiger partial charge in [-0.1, -0.05) is 6.07 Å². The van der Waals surface area contributed by atoms with E-state index >= 15 is 0 Å². The van der Waals surface area contributed by atoms with E-state index in [1.165, 1.54) is 42.7 Å². The van der Waals surface area contributed by atoms with Crippen molar-refractivity contribution in [3.05, 3.63) is 88.5 Å². The molecule has 1 N–H and O–H groups in total. The molecule has 0 spiro atoms. The summed E-state index contributed by atoms with van der Waals surface area (Å²) in [4.78, 5) is 52.7. The average Bonchev–Trinajstić information content (AvgIpc) is 3.20. The third-order valence-corrected chi connectivity index (χ3v) is 4.40. The van der Waals surface area contributed by atoms with Gasteiger partial charge < -0.3 is 4.57 Å². The van der Waals surface area contributed by atoms with Crippen LogP contribution >= 0.6 is 0 Å². The van der Waals surface area contributed by atoms with E-state index in [9.17, 15) is 24.5 Å². The minimum Gasteiger partial charge on any atom is -0.317 e. The number of pyridine rings is 1. The molecule has 10 nitrogen and oxygen atoms in total. The normalized spacial score (nSPS) is 15.4. The monoisotopic (exact) mass is 403 g/mol. The SMILES string of the molecule is O=C1NC(=O)N(c2cccnc2)C(=O)/C1=C/c1cccn1-c1cccc([N+](=O)[O-])c1. The fraction of sp³-hybridized carbons (Fsp3) is 0. The quantitative estimate of drug-likeness (QED) is 0.308. The van der Waals surface area contributed by atoms with Crippen LogP contribution in [0, 0.1) is 10.1 Å². The third kappa shape index (κ3) is 3.33. The molecule has 0 unspecified atom stereocenters. The van der Waals surface area contributed by atoms with Crippen LogP contribution < -0.4 is 10.2 Å². The molecule has 4 amide bonds. The summed E-state index contributed by atoms with van der Waals surface area (Å²) in [7, 11) is 0. The number of anilines is 1. The predicted molar refractivity (Wildman–Crippen MR) is 106 cm³/mol. The van der Waals surface area contributed by atoms with Gasteiger partial charge in [0.1, 0.15) is 5.57 Å². The van der Waals surface area contributed by atoms with Crippen LogP contribution in [0.25, 0.3) is 11.8 Å². The molecule has 1 aliphatic heterocycles. The summed E-state index contributed by atoms with van der Waals surface area (Å²) in [5.74, 6) is -1.64. The molecule has 0 atom stereocenters. The number of rotatable bonds is 4. The zero-order chi connectivity index (χ0) is 21.3. The summed E-state index contributed by atoms with van der Waals surface area (Å²) in [5, 5.41) is 13.2. The molecule has 1 aliphatic rings. The molecule has 0 saturated carbocycles. The molecule has 1 saturated heterocycles. The Morgan fingerprint density at radius 1 is 1.03 bits per heavy atom. The van der Waals surface area contributed by atoms with Gasteiger partial charge in [0.25, 0.3) is 17.5 Å². The Balaban J connectivity index is 1.75. The van der Waals surface area contributed by atoms with Crippen molar-refractivity contribution in [2.24, 2.45) is 0 Å². The zero-order valence-electron chi connectivity index (χ0n) is 15.3. The topological polar surface area (TPSA) is 127 Å². The van der Waals surface area contributed by atoms with Crippen molar-refractivity contribution in [1.82, 2.24) is 14.9 Å². The van der Waals surface area contributed by atoms with Crippen molar-refractivity contribution in [1.29, 1.82) is 0 Å². The summed E-state index contributed by atoms with van der Waals surface area (Å²) < 4.78 is 1.59. The van der Waals surface area contributed by atoms with Gasteiger partial charge in [-0.05, 0) is 36.4 Å². The van der Waals surface area contributed by atoms with Crippen molar-refractivity contribution >= 4 is 35.3 Å². The summed E-state index contributed by atoms with van der Waals surface area (Å²) in [6.45, 7) is 0. The van der Waals surface area contributed by atoms with Crippen molar-refractivity contribution < 1.29 is 19.3 Å². The van der Waals surface area contributed by atoms with Gasteiger partial charge in [-0.25, -0.2) is 9.69 Å². The lowest BCUT2D eigenvalue weighted by molar-refractivity contribution is -0.384. The highest BCUT2D eigenvalue weighted by molar-refractivity contribution is 6.39. The van der Waals surface area contributed by atoms with E-state index in [1.54, 1.807) is 35.0 Å². The summed E-state index contributed by atoms with van der Waals surface area (Å²) >= 11 is 0. The second kappa shape index (κ2) is 7.43. The van der Waals surface area contributed by atoms with E-state index in [0.717, 1.165) is 4.90 Å². The Hall–Kier alpha value is -4.60. The molecular weight excluding hydrogens is 390 g/mol. The van der Waals surface area contributed by atoms with Crippen molar-refractivity contribution in [2.75, 3.05) is 4.90 Å². The first-order chi connectivity index (χ1) is 14.5. The van der Waals surface area contributed by atoms with Crippen LogP contribution in [-0.4, -0.2) is 32.3 Å². The van der Waals surface area contributed by atoms with E-state index in [0.29, 0.717) is 11.4 Å². The minimum atomic E-state index is -0.871. The molecule has 10 heteroatoms. The van der Waals surface area contributed by atoms with Gasteiger partial charge in [-0.2, -0.15) is 0 Å². The molecule has 148 valence electrons. The Morgan fingerprint density at radius 3 is 2.57 bits per heavy atom. The Labute approximate surface area is 169 Å². The zero-order valence-corrected chi connectivity index (χ0v) is 15.3.